The maximum absolute atomic E-state index is 2.68. The van der Waals surface area contributed by atoms with Gasteiger partial charge in [-0.15, -0.1) is 0 Å². The van der Waals surface area contributed by atoms with Gasteiger partial charge in [0, 0.05) is 12.4 Å². The van der Waals surface area contributed by atoms with Crippen molar-refractivity contribution in [3.63, 3.8) is 0 Å². The molecule has 1 aliphatic rings. The summed E-state index contributed by atoms with van der Waals surface area (Å²) in [6.07, 6.45) is 9.37. The fourth-order valence-corrected chi connectivity index (χ4v) is 15.1. The van der Waals surface area contributed by atoms with Crippen LogP contribution in [0.15, 0.2) is 48.8 Å². The van der Waals surface area contributed by atoms with Gasteiger partial charge in [0.2, 0.25) is 0 Å². The number of hydrogen-bond acceptors (Lipinski definition) is 2. The van der Waals surface area contributed by atoms with E-state index in [-0.39, 0.29) is 0 Å². The number of rotatable bonds is 7. The smallest absolute Gasteiger partial charge is 0.156 e. The fraction of sp³-hybridized carbons (Fsp3) is 0.400. The summed E-state index contributed by atoms with van der Waals surface area (Å²) in [5.74, 6) is 0. The molecule has 0 spiro atoms. The van der Waals surface area contributed by atoms with Crippen molar-refractivity contribution in [2.24, 2.45) is 0 Å². The normalized spacial score (nSPS) is 14.0. The maximum Gasteiger partial charge on any atom is 0.156 e. The zero-order chi connectivity index (χ0) is 24.6. The second-order valence-corrected chi connectivity index (χ2v) is 14.7. The van der Waals surface area contributed by atoms with Crippen molar-refractivity contribution in [3.05, 3.63) is 92.8 Å². The van der Waals surface area contributed by atoms with Gasteiger partial charge in [-0.05, 0) is 105 Å². The minimum absolute atomic E-state index is 0.426. The van der Waals surface area contributed by atoms with E-state index in [2.05, 4.69) is 114 Å². The Kier molecular flexibility index (Phi) is 7.61. The van der Waals surface area contributed by atoms with Crippen LogP contribution < -0.4 is 9.34 Å². The van der Waals surface area contributed by atoms with Crippen molar-refractivity contribution in [3.8, 4) is 0 Å². The Balaban J connectivity index is 2.04. The molecule has 4 heteroatoms. The lowest BCUT2D eigenvalue weighted by molar-refractivity contribution is 0.992. The molecule has 2 aromatic carbocycles. The van der Waals surface area contributed by atoms with Crippen LogP contribution in [0.3, 0.4) is 0 Å². The van der Waals surface area contributed by atoms with Crippen LogP contribution in [-0.4, -0.2) is 0 Å². The van der Waals surface area contributed by atoms with Gasteiger partial charge in [0.25, 0.3) is 0 Å². The fourth-order valence-electron chi connectivity index (χ4n) is 5.75. The summed E-state index contributed by atoms with van der Waals surface area (Å²) in [5.41, 5.74) is 11.6. The van der Waals surface area contributed by atoms with Crippen molar-refractivity contribution < 1.29 is 0 Å². The Hall–Kier alpha value is -2.01. The minimum atomic E-state index is -0.641. The molecular formula is C30H40N2P2. The summed E-state index contributed by atoms with van der Waals surface area (Å²) in [7, 11) is -1.07. The molecule has 0 fully saturated rings. The third-order valence-corrected chi connectivity index (χ3v) is 14.9. The van der Waals surface area contributed by atoms with Crippen LogP contribution in [0.2, 0.25) is 0 Å². The highest BCUT2D eigenvalue weighted by Gasteiger charge is 2.38. The quantitative estimate of drug-likeness (QED) is 0.304. The third kappa shape index (κ3) is 4.04. The van der Waals surface area contributed by atoms with Crippen molar-refractivity contribution >= 4 is 26.5 Å². The molecule has 0 saturated carbocycles. The Morgan fingerprint density at radius 2 is 0.912 bits per heavy atom. The molecule has 1 aromatic heterocycles. The Bertz CT molecular complexity index is 1090. The second-order valence-electron chi connectivity index (χ2n) is 9.31. The lowest BCUT2D eigenvalue weighted by atomic mass is 10.0. The lowest BCUT2D eigenvalue weighted by Crippen LogP contribution is -2.15. The Labute approximate surface area is 209 Å². The molecule has 0 atom stereocenters. The van der Waals surface area contributed by atoms with Gasteiger partial charge in [0.15, 0.2) is 7.91 Å². The van der Waals surface area contributed by atoms with Crippen molar-refractivity contribution in [1.29, 1.82) is 0 Å². The third-order valence-electron chi connectivity index (χ3n) is 7.20. The maximum atomic E-state index is 2.68. The van der Waals surface area contributed by atoms with Crippen LogP contribution >= 0.6 is 15.1 Å². The number of anilines is 2. The number of aryl methyl sites for hydroxylation is 4. The first-order valence-electron chi connectivity index (χ1n) is 12.8. The summed E-state index contributed by atoms with van der Waals surface area (Å²) in [6, 6.07) is 13.5. The highest BCUT2D eigenvalue weighted by molar-refractivity contribution is 8.28. The zero-order valence-corrected chi connectivity index (χ0v) is 24.0. The highest BCUT2D eigenvalue weighted by Crippen LogP contribution is 2.76. The summed E-state index contributed by atoms with van der Waals surface area (Å²) in [5, 5.41) is 3.49. The van der Waals surface area contributed by atoms with E-state index < -0.39 is 15.1 Å². The first-order chi connectivity index (χ1) is 16.4. The predicted octanol–water partition coefficient (Wildman–Crippen LogP) is 9.73. The van der Waals surface area contributed by atoms with Crippen molar-refractivity contribution in [2.45, 2.75) is 81.1 Å². The predicted molar refractivity (Wildman–Crippen MR) is 155 cm³/mol. The molecule has 0 amide bonds. The topological polar surface area (TPSA) is 6.48 Å². The van der Waals surface area contributed by atoms with Gasteiger partial charge < -0.3 is 9.34 Å². The van der Waals surface area contributed by atoms with E-state index >= 15 is 0 Å². The van der Waals surface area contributed by atoms with Gasteiger partial charge in [-0.1, -0.05) is 64.1 Å². The molecule has 180 valence electrons. The van der Waals surface area contributed by atoms with Gasteiger partial charge >= 0.3 is 0 Å². The van der Waals surface area contributed by atoms with Gasteiger partial charge in [-0.2, -0.15) is 0 Å². The van der Waals surface area contributed by atoms with Crippen molar-refractivity contribution in [1.82, 2.24) is 0 Å². The number of hydrogen-bond donors (Lipinski definition) is 0. The van der Waals surface area contributed by atoms with E-state index in [0.29, 0.717) is 0 Å². The largest absolute Gasteiger partial charge is 0.300 e. The molecule has 0 radical (unpaired) electrons. The number of nitrogens with zero attached hydrogens (tertiary/aromatic N) is 2. The van der Waals surface area contributed by atoms with Crippen LogP contribution in [0.4, 0.5) is 11.4 Å². The molecular weight excluding hydrogens is 450 g/mol. The SMILES string of the molecule is CCc1c(CC)c(CC)p(P2N(c3c(C)cccc3C)C=CN2c2c(C)cccc2C)c1CC. The average molecular weight is 491 g/mol. The molecule has 2 nitrogen and oxygen atoms in total. The van der Waals surface area contributed by atoms with Crippen molar-refractivity contribution in [2.75, 3.05) is 9.34 Å². The Morgan fingerprint density at radius 1 is 0.559 bits per heavy atom. The van der Waals surface area contributed by atoms with E-state index in [1.165, 1.54) is 33.6 Å². The molecule has 2 heterocycles. The van der Waals surface area contributed by atoms with Crippen LogP contribution in [-0.2, 0) is 25.7 Å². The Morgan fingerprint density at radius 3 is 1.21 bits per heavy atom. The van der Waals surface area contributed by atoms with Crippen LogP contribution in [0.1, 0.15) is 71.7 Å². The minimum Gasteiger partial charge on any atom is -0.300 e. The molecule has 0 N–H and O–H groups in total. The summed E-state index contributed by atoms with van der Waals surface area (Å²) in [6.45, 7) is 18.6. The van der Waals surface area contributed by atoms with Crippen LogP contribution in [0, 0.1) is 27.7 Å². The highest BCUT2D eigenvalue weighted by atomic mass is 32.1. The summed E-state index contributed by atoms with van der Waals surface area (Å²) < 4.78 is 5.35. The summed E-state index contributed by atoms with van der Waals surface area (Å²) in [4.78, 5) is 0. The standard InChI is InChI=1S/C30H40N2P2/c1-9-25-26(10-2)28(12-4)33(27(25)11-3)34-31(29-21(5)15-13-16-22(29)6)19-20-32(34)30-23(7)17-14-18-24(30)8/h13-20H,9-12H2,1-8H3. The zero-order valence-electron chi connectivity index (χ0n) is 22.2. The molecule has 1 aliphatic heterocycles. The van der Waals surface area contributed by atoms with Gasteiger partial charge in [0.05, 0.1) is 11.4 Å². The van der Waals surface area contributed by atoms with Gasteiger partial charge in [-0.25, -0.2) is 0 Å². The van der Waals surface area contributed by atoms with Crippen LogP contribution in [0.25, 0.3) is 0 Å². The number of para-hydroxylation sites is 2. The summed E-state index contributed by atoms with van der Waals surface area (Å²) >= 11 is 0. The van der Waals surface area contributed by atoms with E-state index in [1.54, 1.807) is 21.7 Å². The average Bonchev–Trinajstić information content (AvgIpc) is 3.36. The first-order valence-corrected chi connectivity index (χ1v) is 16.1. The van der Waals surface area contributed by atoms with Crippen LogP contribution in [0.5, 0.6) is 0 Å². The van der Waals surface area contributed by atoms with E-state index in [1.807, 2.05) is 0 Å². The molecule has 3 aromatic rings. The molecule has 0 saturated heterocycles. The van der Waals surface area contributed by atoms with E-state index in [9.17, 15) is 0 Å². The number of benzene rings is 2. The molecule has 0 aliphatic carbocycles. The molecule has 4 rings (SSSR count). The molecule has 0 bridgehead atoms. The van der Waals surface area contributed by atoms with E-state index in [0.717, 1.165) is 25.7 Å². The van der Waals surface area contributed by atoms with E-state index in [4.69, 9.17) is 0 Å². The van der Waals surface area contributed by atoms with Gasteiger partial charge in [0.1, 0.15) is 0 Å². The van der Waals surface area contributed by atoms with Gasteiger partial charge in [-0.3, -0.25) is 0 Å². The monoisotopic (exact) mass is 490 g/mol. The second kappa shape index (κ2) is 10.3. The molecule has 34 heavy (non-hydrogen) atoms. The molecule has 0 unspecified atom stereocenters. The lowest BCUT2D eigenvalue weighted by Gasteiger charge is -2.36. The first kappa shape index (κ1) is 25.1.